The second-order valence-electron chi connectivity index (χ2n) is 7.64. The van der Waals surface area contributed by atoms with Crippen molar-refractivity contribution in [3.8, 4) is 0 Å². The number of hydrogen-bond donors (Lipinski definition) is 3. The predicted molar refractivity (Wildman–Crippen MR) is 93.6 cm³/mol. The Labute approximate surface area is 146 Å². The van der Waals surface area contributed by atoms with Crippen molar-refractivity contribution >= 4 is 17.1 Å². The van der Waals surface area contributed by atoms with Crippen molar-refractivity contribution in [2.24, 2.45) is 5.92 Å². The summed E-state index contributed by atoms with van der Waals surface area (Å²) in [6.45, 7) is 1.65. The monoisotopic (exact) mass is 340 g/mol. The molecule has 1 aliphatic carbocycles. The number of amides is 1. The molecule has 132 valence electrons. The van der Waals surface area contributed by atoms with Gasteiger partial charge in [-0.3, -0.25) is 15.2 Å². The van der Waals surface area contributed by atoms with E-state index in [-0.39, 0.29) is 11.9 Å². The van der Waals surface area contributed by atoms with Crippen molar-refractivity contribution in [2.75, 3.05) is 13.1 Å². The van der Waals surface area contributed by atoms with Crippen LogP contribution in [0.2, 0.25) is 0 Å². The van der Waals surface area contributed by atoms with Crippen LogP contribution >= 0.6 is 0 Å². The van der Waals surface area contributed by atoms with Gasteiger partial charge in [-0.15, -0.1) is 0 Å². The molecule has 2 aromatic heterocycles. The molecule has 2 aliphatic heterocycles. The van der Waals surface area contributed by atoms with Gasteiger partial charge >= 0.3 is 0 Å². The van der Waals surface area contributed by atoms with E-state index in [1.54, 1.807) is 12.4 Å². The molecule has 3 aliphatic rings. The van der Waals surface area contributed by atoms with Gasteiger partial charge in [-0.1, -0.05) is 0 Å². The number of hydrazine groups is 1. The molecule has 2 aromatic rings. The number of nitrogens with zero attached hydrogens (tertiary/aromatic N) is 3. The second-order valence-corrected chi connectivity index (χ2v) is 7.64. The first-order valence-corrected chi connectivity index (χ1v) is 9.37. The molecular formula is C18H24N6O. The molecule has 3 fully saturated rings. The van der Waals surface area contributed by atoms with Crippen LogP contribution in [-0.4, -0.2) is 50.9 Å². The Kier molecular flexibility index (Phi) is 3.71. The molecule has 0 radical (unpaired) electrons. The maximum absolute atomic E-state index is 12.8. The zero-order valence-corrected chi connectivity index (χ0v) is 14.2. The molecule has 1 amide bonds. The minimum Gasteiger partial charge on any atom is -0.342 e. The Bertz CT molecular complexity index is 744. The quantitative estimate of drug-likeness (QED) is 0.784. The number of carbonyl (C=O) groups excluding carboxylic acids is 1. The number of fused-ring (bicyclic) bond motifs is 1. The van der Waals surface area contributed by atoms with Gasteiger partial charge in [0, 0.05) is 43.1 Å². The van der Waals surface area contributed by atoms with E-state index < -0.39 is 0 Å². The lowest BCUT2D eigenvalue weighted by molar-refractivity contribution is -0.134. The minimum atomic E-state index is -0.0522. The summed E-state index contributed by atoms with van der Waals surface area (Å²) in [6, 6.07) is 2.54. The number of nitrogens with one attached hydrogen (secondary N) is 3. The van der Waals surface area contributed by atoms with Gasteiger partial charge in [-0.2, -0.15) is 0 Å². The van der Waals surface area contributed by atoms with Crippen LogP contribution in [0.15, 0.2) is 18.5 Å². The number of hydrogen-bond acceptors (Lipinski definition) is 5. The van der Waals surface area contributed by atoms with Gasteiger partial charge in [0.15, 0.2) is 5.65 Å². The molecular weight excluding hydrogens is 316 g/mol. The van der Waals surface area contributed by atoms with E-state index in [9.17, 15) is 4.79 Å². The minimum absolute atomic E-state index is 0.0522. The molecule has 5 rings (SSSR count). The van der Waals surface area contributed by atoms with E-state index in [2.05, 4.69) is 31.9 Å². The third-order valence-electron chi connectivity index (χ3n) is 5.95. The fraction of sp³-hybridized carbons (Fsp3) is 0.611. The van der Waals surface area contributed by atoms with Crippen LogP contribution in [0, 0.1) is 5.92 Å². The van der Waals surface area contributed by atoms with Crippen LogP contribution in [-0.2, 0) is 4.79 Å². The molecule has 7 heteroatoms. The van der Waals surface area contributed by atoms with E-state index in [1.165, 1.54) is 18.5 Å². The Morgan fingerprint density at radius 1 is 1.08 bits per heavy atom. The molecule has 7 nitrogen and oxygen atoms in total. The normalized spacial score (nSPS) is 27.9. The molecule has 2 saturated heterocycles. The zero-order valence-electron chi connectivity index (χ0n) is 14.2. The summed E-state index contributed by atoms with van der Waals surface area (Å²) in [5, 5.41) is 0. The number of aromatic amines is 1. The van der Waals surface area contributed by atoms with Crippen molar-refractivity contribution in [3.63, 3.8) is 0 Å². The van der Waals surface area contributed by atoms with Crippen molar-refractivity contribution in [1.29, 1.82) is 0 Å². The standard InChI is InChI=1S/C18H24N6O/c25-18(16-10-14(22-23-16)11-1-2-11)24-7-3-12(4-8-24)13-9-15-17(21-13)20-6-5-19-15/h5-6,9,11-12,14,16,22-23H,1-4,7-8,10H2,(H,20,21). The number of carbonyl (C=O) groups is 1. The van der Waals surface area contributed by atoms with Crippen molar-refractivity contribution in [3.05, 3.63) is 24.2 Å². The van der Waals surface area contributed by atoms with Crippen molar-refractivity contribution in [1.82, 2.24) is 30.7 Å². The van der Waals surface area contributed by atoms with Crippen LogP contribution in [0.5, 0.6) is 0 Å². The maximum atomic E-state index is 12.8. The Hall–Kier alpha value is -1.99. The first-order chi connectivity index (χ1) is 12.3. The van der Waals surface area contributed by atoms with E-state index in [1.807, 2.05) is 4.90 Å². The third kappa shape index (κ3) is 2.91. The maximum Gasteiger partial charge on any atom is 0.241 e. The SMILES string of the molecule is O=C(C1CC(C2CC2)NN1)N1CCC(c2cc3nccnc3[nH]2)CC1. The Morgan fingerprint density at radius 3 is 2.64 bits per heavy atom. The largest absolute Gasteiger partial charge is 0.342 e. The summed E-state index contributed by atoms with van der Waals surface area (Å²) >= 11 is 0. The van der Waals surface area contributed by atoms with Crippen LogP contribution in [0.4, 0.5) is 0 Å². The third-order valence-corrected chi connectivity index (χ3v) is 5.95. The second kappa shape index (κ2) is 6.07. The topological polar surface area (TPSA) is 85.9 Å². The van der Waals surface area contributed by atoms with Crippen molar-refractivity contribution in [2.45, 2.75) is 50.1 Å². The van der Waals surface area contributed by atoms with Gasteiger partial charge in [-0.25, -0.2) is 10.4 Å². The molecule has 2 unspecified atom stereocenters. The lowest BCUT2D eigenvalue weighted by atomic mass is 9.93. The highest BCUT2D eigenvalue weighted by Gasteiger charge is 2.40. The fourth-order valence-corrected chi connectivity index (χ4v) is 4.27. The number of H-pyrrole nitrogens is 1. The van der Waals surface area contributed by atoms with E-state index in [0.29, 0.717) is 12.0 Å². The number of rotatable bonds is 3. The molecule has 2 atom stereocenters. The predicted octanol–water partition coefficient (Wildman–Crippen LogP) is 1.31. The highest BCUT2D eigenvalue weighted by Crippen LogP contribution is 2.36. The summed E-state index contributed by atoms with van der Waals surface area (Å²) in [6.07, 6.45) is 8.96. The lowest BCUT2D eigenvalue weighted by Crippen LogP contribution is -2.48. The van der Waals surface area contributed by atoms with Crippen LogP contribution < -0.4 is 10.9 Å². The molecule has 0 aromatic carbocycles. The summed E-state index contributed by atoms with van der Waals surface area (Å²) < 4.78 is 0. The van der Waals surface area contributed by atoms with Gasteiger partial charge in [0.2, 0.25) is 5.91 Å². The van der Waals surface area contributed by atoms with Crippen molar-refractivity contribution < 1.29 is 4.79 Å². The summed E-state index contributed by atoms with van der Waals surface area (Å²) in [4.78, 5) is 26.9. The summed E-state index contributed by atoms with van der Waals surface area (Å²) in [7, 11) is 0. The van der Waals surface area contributed by atoms with Crippen LogP contribution in [0.3, 0.4) is 0 Å². The first kappa shape index (κ1) is 15.3. The molecule has 4 heterocycles. The van der Waals surface area contributed by atoms with E-state index in [4.69, 9.17) is 0 Å². The lowest BCUT2D eigenvalue weighted by Gasteiger charge is -2.33. The average molecular weight is 340 g/mol. The number of likely N-dealkylation sites (tertiary alicyclic amines) is 1. The van der Waals surface area contributed by atoms with Crippen LogP contribution in [0.25, 0.3) is 11.2 Å². The van der Waals surface area contributed by atoms with E-state index in [0.717, 1.165) is 49.4 Å². The Balaban J connectivity index is 1.20. The fourth-order valence-electron chi connectivity index (χ4n) is 4.27. The smallest absolute Gasteiger partial charge is 0.241 e. The molecule has 1 saturated carbocycles. The molecule has 0 spiro atoms. The van der Waals surface area contributed by atoms with Gasteiger partial charge in [-0.05, 0) is 44.1 Å². The van der Waals surface area contributed by atoms with Gasteiger partial charge in [0.1, 0.15) is 11.6 Å². The van der Waals surface area contributed by atoms with Gasteiger partial charge in [0.25, 0.3) is 0 Å². The average Bonchev–Trinajstić information content (AvgIpc) is 3.22. The van der Waals surface area contributed by atoms with Crippen LogP contribution in [0.1, 0.15) is 43.7 Å². The number of piperidine rings is 1. The van der Waals surface area contributed by atoms with E-state index >= 15 is 0 Å². The highest BCUT2D eigenvalue weighted by atomic mass is 16.2. The Morgan fingerprint density at radius 2 is 1.88 bits per heavy atom. The van der Waals surface area contributed by atoms with Gasteiger partial charge in [0.05, 0.1) is 0 Å². The molecule has 0 bridgehead atoms. The number of aromatic nitrogens is 3. The summed E-state index contributed by atoms with van der Waals surface area (Å²) in [5.74, 6) is 1.49. The molecule has 3 N–H and O–H groups in total. The summed E-state index contributed by atoms with van der Waals surface area (Å²) in [5.41, 5.74) is 9.51. The zero-order chi connectivity index (χ0) is 16.8. The highest BCUT2D eigenvalue weighted by molar-refractivity contribution is 5.82. The van der Waals surface area contributed by atoms with Gasteiger partial charge < -0.3 is 9.88 Å². The first-order valence-electron chi connectivity index (χ1n) is 9.37. The molecule has 25 heavy (non-hydrogen) atoms.